The van der Waals surface area contributed by atoms with Crippen molar-refractivity contribution in [1.82, 2.24) is 0 Å². The first kappa shape index (κ1) is 17.6. The number of nitrogens with one attached hydrogen (secondary N) is 1. The molecule has 0 saturated heterocycles. The first-order chi connectivity index (χ1) is 9.97. The zero-order chi connectivity index (χ0) is 15.4. The number of anilines is 1. The van der Waals surface area contributed by atoms with Crippen molar-refractivity contribution in [3.05, 3.63) is 47.1 Å². The molecule has 2 rings (SSSR count). The van der Waals surface area contributed by atoms with E-state index < -0.39 is 0 Å². The molecule has 0 atom stereocenters. The lowest BCUT2D eigenvalue weighted by molar-refractivity contribution is -0.113. The van der Waals surface area contributed by atoms with Crippen LogP contribution < -0.4 is 5.32 Å². The highest BCUT2D eigenvalue weighted by atomic mass is 127. The van der Waals surface area contributed by atoms with Crippen molar-refractivity contribution in [3.63, 3.8) is 0 Å². The third-order valence-corrected chi connectivity index (χ3v) is 5.88. The van der Waals surface area contributed by atoms with Gasteiger partial charge in [-0.2, -0.15) is 0 Å². The second-order valence-electron chi connectivity index (χ2n) is 4.05. The summed E-state index contributed by atoms with van der Waals surface area (Å²) in [6, 6.07) is 11.1. The highest BCUT2D eigenvalue weighted by Gasteiger charge is 2.11. The molecule has 110 valence electrons. The summed E-state index contributed by atoms with van der Waals surface area (Å²) in [5.41, 5.74) is 0.847. The summed E-state index contributed by atoms with van der Waals surface area (Å²) in [4.78, 5) is 12.8. The standard InChI is InChI=1S/C14H10I3NO2S/c15-8-5-9(16)14(10(17)6-8)18-13(20)7-21-12-4-2-1-3-11(12)19/h1-6,19H,7H2,(H,18,20). The van der Waals surface area contributed by atoms with Gasteiger partial charge in [0, 0.05) is 15.6 Å². The van der Waals surface area contributed by atoms with Crippen molar-refractivity contribution in [1.29, 1.82) is 0 Å². The Morgan fingerprint density at radius 1 is 1.14 bits per heavy atom. The van der Waals surface area contributed by atoms with Crippen molar-refractivity contribution >= 4 is 91.1 Å². The SMILES string of the molecule is O=C(CSc1ccccc1O)Nc1c(I)cc(I)cc1I. The molecule has 2 aromatic rings. The number of phenols is 1. The third-order valence-electron chi connectivity index (χ3n) is 2.50. The van der Waals surface area contributed by atoms with Crippen LogP contribution in [0.1, 0.15) is 0 Å². The van der Waals surface area contributed by atoms with E-state index in [1.807, 2.05) is 18.2 Å². The van der Waals surface area contributed by atoms with Gasteiger partial charge in [-0.25, -0.2) is 0 Å². The van der Waals surface area contributed by atoms with Gasteiger partial charge in [0.1, 0.15) is 5.75 Å². The molecule has 0 aliphatic rings. The Bertz CT molecular complexity index is 656. The zero-order valence-electron chi connectivity index (χ0n) is 10.6. The van der Waals surface area contributed by atoms with E-state index in [9.17, 15) is 9.90 Å². The highest BCUT2D eigenvalue weighted by molar-refractivity contribution is 14.1. The number of halogens is 3. The predicted molar refractivity (Wildman–Crippen MR) is 112 cm³/mol. The Morgan fingerprint density at radius 3 is 2.38 bits per heavy atom. The van der Waals surface area contributed by atoms with Gasteiger partial charge in [-0.15, -0.1) is 11.8 Å². The molecule has 0 aromatic heterocycles. The molecule has 2 aromatic carbocycles. The van der Waals surface area contributed by atoms with Crippen LogP contribution in [0.3, 0.4) is 0 Å². The summed E-state index contributed by atoms with van der Waals surface area (Å²) < 4.78 is 3.18. The monoisotopic (exact) mass is 637 g/mol. The van der Waals surface area contributed by atoms with E-state index in [0.29, 0.717) is 4.90 Å². The number of carbonyl (C=O) groups excluding carboxylic acids is 1. The number of benzene rings is 2. The van der Waals surface area contributed by atoms with Crippen LogP contribution in [0.25, 0.3) is 0 Å². The molecule has 0 radical (unpaired) electrons. The summed E-state index contributed by atoms with van der Waals surface area (Å²) >= 11 is 8.01. The largest absolute Gasteiger partial charge is 0.507 e. The molecule has 0 aliphatic carbocycles. The minimum atomic E-state index is -0.0831. The molecule has 0 heterocycles. The molecule has 0 bridgehead atoms. The summed E-state index contributed by atoms with van der Waals surface area (Å²) in [5.74, 6) is 0.379. The van der Waals surface area contributed by atoms with E-state index in [2.05, 4.69) is 73.1 Å². The van der Waals surface area contributed by atoms with Gasteiger partial charge < -0.3 is 10.4 Å². The number of thioether (sulfide) groups is 1. The summed E-state index contributed by atoms with van der Waals surface area (Å²) in [6.45, 7) is 0. The highest BCUT2D eigenvalue weighted by Crippen LogP contribution is 2.29. The lowest BCUT2D eigenvalue weighted by Gasteiger charge is -2.10. The minimum absolute atomic E-state index is 0.0831. The van der Waals surface area contributed by atoms with Crippen LogP contribution >= 0.6 is 79.5 Å². The number of rotatable bonds is 4. The molecular weight excluding hydrogens is 627 g/mol. The van der Waals surface area contributed by atoms with Gasteiger partial charge in [0.2, 0.25) is 5.91 Å². The lowest BCUT2D eigenvalue weighted by Crippen LogP contribution is -2.16. The van der Waals surface area contributed by atoms with Crippen LogP contribution in [-0.4, -0.2) is 16.8 Å². The normalized spacial score (nSPS) is 10.4. The Hall–Kier alpha value is 0.250. The van der Waals surface area contributed by atoms with Crippen LogP contribution in [0.4, 0.5) is 5.69 Å². The molecule has 0 spiro atoms. The minimum Gasteiger partial charge on any atom is -0.507 e. The summed E-state index contributed by atoms with van der Waals surface area (Å²) in [5, 5.41) is 12.6. The quantitative estimate of drug-likeness (QED) is 0.370. The van der Waals surface area contributed by atoms with Crippen LogP contribution in [0, 0.1) is 10.7 Å². The number of para-hydroxylation sites is 1. The second-order valence-corrected chi connectivity index (χ2v) is 8.64. The van der Waals surface area contributed by atoms with E-state index in [-0.39, 0.29) is 17.4 Å². The molecule has 21 heavy (non-hydrogen) atoms. The second kappa shape index (κ2) is 8.20. The molecular formula is C14H10I3NO2S. The van der Waals surface area contributed by atoms with Crippen molar-refractivity contribution < 1.29 is 9.90 Å². The van der Waals surface area contributed by atoms with Crippen molar-refractivity contribution in [3.8, 4) is 5.75 Å². The Kier molecular flexibility index (Phi) is 6.87. The fourth-order valence-electron chi connectivity index (χ4n) is 1.56. The Labute approximate surface area is 168 Å². The van der Waals surface area contributed by atoms with Gasteiger partial charge >= 0.3 is 0 Å². The molecule has 7 heteroatoms. The van der Waals surface area contributed by atoms with Gasteiger partial charge in [-0.1, -0.05) is 12.1 Å². The average molecular weight is 637 g/mol. The first-order valence-corrected chi connectivity index (χ1v) is 10.0. The molecule has 1 amide bonds. The van der Waals surface area contributed by atoms with Crippen molar-refractivity contribution in [2.45, 2.75) is 4.90 Å². The number of aromatic hydroxyl groups is 1. The smallest absolute Gasteiger partial charge is 0.234 e. The molecule has 2 N–H and O–H groups in total. The number of carbonyl (C=O) groups is 1. The van der Waals surface area contributed by atoms with Gasteiger partial charge in [0.15, 0.2) is 0 Å². The zero-order valence-corrected chi connectivity index (χ0v) is 17.9. The molecule has 0 saturated carbocycles. The number of amides is 1. The maximum atomic E-state index is 12.1. The van der Waals surface area contributed by atoms with Crippen LogP contribution in [-0.2, 0) is 4.79 Å². The lowest BCUT2D eigenvalue weighted by atomic mass is 10.3. The third kappa shape index (κ3) is 5.13. The molecule has 0 aliphatic heterocycles. The van der Waals surface area contributed by atoms with Crippen LogP contribution in [0.15, 0.2) is 41.3 Å². The van der Waals surface area contributed by atoms with Crippen molar-refractivity contribution in [2.75, 3.05) is 11.1 Å². The molecule has 0 unspecified atom stereocenters. The fraction of sp³-hybridized carbons (Fsp3) is 0.0714. The first-order valence-electron chi connectivity index (χ1n) is 5.82. The summed E-state index contributed by atoms with van der Waals surface area (Å²) in [6.07, 6.45) is 0. The predicted octanol–water partition coefficient (Wildman–Crippen LogP) is 4.94. The van der Waals surface area contributed by atoms with E-state index in [1.165, 1.54) is 11.8 Å². The fourth-order valence-corrected chi connectivity index (χ4v) is 6.16. The summed E-state index contributed by atoms with van der Waals surface area (Å²) in [7, 11) is 0. The van der Waals surface area contributed by atoms with E-state index in [4.69, 9.17) is 0 Å². The van der Waals surface area contributed by atoms with E-state index in [0.717, 1.165) is 16.4 Å². The van der Waals surface area contributed by atoms with E-state index in [1.54, 1.807) is 18.2 Å². The number of hydrogen-bond donors (Lipinski definition) is 2. The van der Waals surface area contributed by atoms with Gasteiger partial charge in [-0.3, -0.25) is 4.79 Å². The Morgan fingerprint density at radius 2 is 1.76 bits per heavy atom. The number of phenolic OH excluding ortho intramolecular Hbond substituents is 1. The average Bonchev–Trinajstić information content (AvgIpc) is 2.42. The number of hydrogen-bond acceptors (Lipinski definition) is 3. The topological polar surface area (TPSA) is 49.3 Å². The molecule has 0 fully saturated rings. The molecule has 3 nitrogen and oxygen atoms in total. The van der Waals surface area contributed by atoms with Gasteiger partial charge in [0.05, 0.1) is 11.4 Å². The van der Waals surface area contributed by atoms with E-state index >= 15 is 0 Å². The van der Waals surface area contributed by atoms with Gasteiger partial charge in [-0.05, 0) is 92.0 Å². The van der Waals surface area contributed by atoms with Crippen LogP contribution in [0.2, 0.25) is 0 Å². The Balaban J connectivity index is 2.01. The maximum absolute atomic E-state index is 12.1. The van der Waals surface area contributed by atoms with Gasteiger partial charge in [0.25, 0.3) is 0 Å². The van der Waals surface area contributed by atoms with Crippen molar-refractivity contribution in [2.24, 2.45) is 0 Å². The van der Waals surface area contributed by atoms with Crippen LogP contribution in [0.5, 0.6) is 5.75 Å². The maximum Gasteiger partial charge on any atom is 0.234 e.